The van der Waals surface area contributed by atoms with Gasteiger partial charge in [0.25, 0.3) is 5.91 Å². The fourth-order valence-corrected chi connectivity index (χ4v) is 2.12. The van der Waals surface area contributed by atoms with Gasteiger partial charge in [0.2, 0.25) is 5.91 Å². The van der Waals surface area contributed by atoms with E-state index in [-0.39, 0.29) is 17.7 Å². The van der Waals surface area contributed by atoms with Crippen molar-refractivity contribution >= 4 is 29.1 Å². The summed E-state index contributed by atoms with van der Waals surface area (Å²) in [4.78, 5) is 24.1. The van der Waals surface area contributed by atoms with Crippen LogP contribution in [0.25, 0.3) is 0 Å². The van der Waals surface area contributed by atoms with E-state index >= 15 is 0 Å². The van der Waals surface area contributed by atoms with Crippen molar-refractivity contribution in [2.24, 2.45) is 11.7 Å². The molecule has 0 aromatic heterocycles. The molecular formula is C17H26ClN3O2. The zero-order chi connectivity index (χ0) is 17.6. The Hall–Kier alpha value is -1.59. The van der Waals surface area contributed by atoms with E-state index in [1.807, 2.05) is 13.8 Å². The minimum absolute atomic E-state index is 0.114. The molecule has 0 saturated heterocycles. The summed E-state index contributed by atoms with van der Waals surface area (Å²) in [6.07, 6.45) is 1.53. The molecule has 128 valence electrons. The van der Waals surface area contributed by atoms with Crippen LogP contribution in [0.4, 0.5) is 5.69 Å². The van der Waals surface area contributed by atoms with Crippen LogP contribution in [-0.2, 0) is 4.79 Å². The molecule has 5 nitrogen and oxygen atoms in total. The maximum absolute atomic E-state index is 12.4. The highest BCUT2D eigenvalue weighted by molar-refractivity contribution is 6.34. The molecule has 0 saturated carbocycles. The molecule has 0 aliphatic heterocycles. The van der Waals surface area contributed by atoms with E-state index in [4.69, 9.17) is 17.3 Å². The number of amides is 2. The Morgan fingerprint density at radius 1 is 1.26 bits per heavy atom. The van der Waals surface area contributed by atoms with Crippen LogP contribution in [0, 0.1) is 5.92 Å². The zero-order valence-corrected chi connectivity index (χ0v) is 15.0. The van der Waals surface area contributed by atoms with Crippen molar-refractivity contribution in [3.05, 3.63) is 28.8 Å². The summed E-state index contributed by atoms with van der Waals surface area (Å²) in [5.41, 5.74) is 6.63. The Bertz CT molecular complexity index is 569. The summed E-state index contributed by atoms with van der Waals surface area (Å²) < 4.78 is 0. The highest BCUT2D eigenvalue weighted by Crippen LogP contribution is 2.21. The Balaban J connectivity index is 2.86. The van der Waals surface area contributed by atoms with E-state index in [2.05, 4.69) is 10.6 Å². The van der Waals surface area contributed by atoms with Gasteiger partial charge in [-0.3, -0.25) is 9.59 Å². The van der Waals surface area contributed by atoms with Crippen molar-refractivity contribution in [2.45, 2.75) is 46.1 Å². The molecule has 0 atom stereocenters. The minimum atomic E-state index is -0.425. The Labute approximate surface area is 143 Å². The third-order valence-electron chi connectivity index (χ3n) is 4.01. The van der Waals surface area contributed by atoms with Crippen molar-refractivity contribution in [1.29, 1.82) is 0 Å². The number of anilines is 1. The molecule has 0 heterocycles. The number of rotatable bonds is 7. The molecule has 4 N–H and O–H groups in total. The lowest BCUT2D eigenvalue weighted by molar-refractivity contribution is -0.118. The molecule has 1 aromatic rings. The highest BCUT2D eigenvalue weighted by atomic mass is 35.5. The van der Waals surface area contributed by atoms with Crippen molar-refractivity contribution in [1.82, 2.24) is 5.32 Å². The molecule has 0 radical (unpaired) electrons. The maximum atomic E-state index is 12.4. The molecule has 23 heavy (non-hydrogen) atoms. The molecular weight excluding hydrogens is 314 g/mol. The Morgan fingerprint density at radius 3 is 2.39 bits per heavy atom. The fraction of sp³-hybridized carbons (Fsp3) is 0.529. The highest BCUT2D eigenvalue weighted by Gasteiger charge is 2.22. The van der Waals surface area contributed by atoms with Crippen molar-refractivity contribution in [3.8, 4) is 0 Å². The van der Waals surface area contributed by atoms with Crippen LogP contribution in [0.5, 0.6) is 0 Å². The van der Waals surface area contributed by atoms with Gasteiger partial charge in [-0.2, -0.15) is 0 Å². The van der Waals surface area contributed by atoms with E-state index < -0.39 is 5.54 Å². The summed E-state index contributed by atoms with van der Waals surface area (Å²) >= 11 is 6.10. The van der Waals surface area contributed by atoms with Crippen molar-refractivity contribution in [2.75, 3.05) is 11.9 Å². The van der Waals surface area contributed by atoms with Crippen molar-refractivity contribution in [3.63, 3.8) is 0 Å². The molecule has 0 spiro atoms. The summed E-state index contributed by atoms with van der Waals surface area (Å²) in [5, 5.41) is 5.91. The summed E-state index contributed by atoms with van der Waals surface area (Å²) in [6, 6.07) is 4.85. The second-order valence-corrected chi connectivity index (χ2v) is 6.50. The molecule has 1 aromatic carbocycles. The van der Waals surface area contributed by atoms with Crippen molar-refractivity contribution < 1.29 is 9.59 Å². The third kappa shape index (κ3) is 5.52. The monoisotopic (exact) mass is 339 g/mol. The molecule has 1 rings (SSSR count). The van der Waals surface area contributed by atoms with Crippen LogP contribution >= 0.6 is 11.6 Å². The predicted molar refractivity (Wildman–Crippen MR) is 94.8 cm³/mol. The molecule has 0 bridgehead atoms. The number of carbonyl (C=O) groups excluding carboxylic acids is 2. The summed E-state index contributed by atoms with van der Waals surface area (Å²) in [7, 11) is 0. The molecule has 0 fully saturated rings. The number of hydrogen-bond donors (Lipinski definition) is 3. The topological polar surface area (TPSA) is 84.2 Å². The predicted octanol–water partition coefficient (Wildman–Crippen LogP) is 3.18. The number of benzene rings is 1. The summed E-state index contributed by atoms with van der Waals surface area (Å²) in [6.45, 7) is 7.96. The van der Waals surface area contributed by atoms with E-state index in [0.29, 0.717) is 22.8 Å². The van der Waals surface area contributed by atoms with Gasteiger partial charge in [0.1, 0.15) is 0 Å². The lowest BCUT2D eigenvalue weighted by atomic mass is 9.94. The third-order valence-corrected chi connectivity index (χ3v) is 4.34. The van der Waals surface area contributed by atoms with Gasteiger partial charge in [-0.1, -0.05) is 39.3 Å². The molecule has 0 aliphatic carbocycles. The van der Waals surface area contributed by atoms with Gasteiger partial charge in [-0.15, -0.1) is 0 Å². The smallest absolute Gasteiger partial charge is 0.252 e. The van der Waals surface area contributed by atoms with Gasteiger partial charge in [0.15, 0.2) is 0 Å². The zero-order valence-electron chi connectivity index (χ0n) is 14.2. The van der Waals surface area contributed by atoms with Gasteiger partial charge in [-0.25, -0.2) is 0 Å². The maximum Gasteiger partial charge on any atom is 0.252 e. The van der Waals surface area contributed by atoms with E-state index in [1.54, 1.807) is 32.0 Å². The van der Waals surface area contributed by atoms with Gasteiger partial charge in [-0.05, 0) is 31.0 Å². The first-order chi connectivity index (χ1) is 10.7. The second kappa shape index (κ2) is 8.31. The quantitative estimate of drug-likeness (QED) is 0.713. The molecule has 2 amide bonds. The number of carbonyl (C=O) groups is 2. The Kier molecular flexibility index (Phi) is 7.03. The SMILES string of the molecule is CCC(N)(CC)CNC(=O)c1cc(NC(=O)C(C)C)ccc1Cl. The van der Waals surface area contributed by atoms with E-state index in [1.165, 1.54) is 0 Å². The van der Waals surface area contributed by atoms with E-state index in [0.717, 1.165) is 12.8 Å². The standard InChI is InChI=1S/C17H26ClN3O2/c1-5-17(19,6-2)10-20-16(23)13-9-12(7-8-14(13)18)21-15(22)11(3)4/h7-9,11H,5-6,10,19H2,1-4H3,(H,20,23)(H,21,22). The summed E-state index contributed by atoms with van der Waals surface area (Å²) in [5.74, 6) is -0.557. The van der Waals surface area contributed by atoms with Gasteiger partial charge in [0, 0.05) is 23.7 Å². The normalized spacial score (nSPS) is 11.4. The fourth-order valence-electron chi connectivity index (χ4n) is 1.92. The number of hydrogen-bond acceptors (Lipinski definition) is 3. The van der Waals surface area contributed by atoms with Crippen LogP contribution in [0.2, 0.25) is 5.02 Å². The van der Waals surface area contributed by atoms with Gasteiger partial charge >= 0.3 is 0 Å². The first-order valence-electron chi connectivity index (χ1n) is 7.90. The first kappa shape index (κ1) is 19.5. The lowest BCUT2D eigenvalue weighted by Gasteiger charge is -2.26. The molecule has 6 heteroatoms. The van der Waals surface area contributed by atoms with Crippen LogP contribution in [0.1, 0.15) is 50.9 Å². The van der Waals surface area contributed by atoms with E-state index in [9.17, 15) is 9.59 Å². The van der Waals surface area contributed by atoms with Crippen LogP contribution in [0.3, 0.4) is 0 Å². The van der Waals surface area contributed by atoms with Gasteiger partial charge < -0.3 is 16.4 Å². The second-order valence-electron chi connectivity index (χ2n) is 6.09. The average molecular weight is 340 g/mol. The Morgan fingerprint density at radius 2 is 1.87 bits per heavy atom. The largest absolute Gasteiger partial charge is 0.350 e. The molecule has 0 unspecified atom stereocenters. The number of halogens is 1. The van der Waals surface area contributed by atoms with Gasteiger partial charge in [0.05, 0.1) is 10.6 Å². The number of nitrogens with one attached hydrogen (secondary N) is 2. The lowest BCUT2D eigenvalue weighted by Crippen LogP contribution is -2.49. The minimum Gasteiger partial charge on any atom is -0.350 e. The van der Waals surface area contributed by atoms with Crippen LogP contribution < -0.4 is 16.4 Å². The van der Waals surface area contributed by atoms with Crippen LogP contribution in [-0.4, -0.2) is 23.9 Å². The van der Waals surface area contributed by atoms with Crippen LogP contribution in [0.15, 0.2) is 18.2 Å². The average Bonchev–Trinajstić information content (AvgIpc) is 2.53. The molecule has 0 aliphatic rings. The first-order valence-corrected chi connectivity index (χ1v) is 8.27. The number of nitrogens with two attached hydrogens (primary N) is 1.